The first kappa shape index (κ1) is 19.9. The molecule has 7 heteroatoms. The smallest absolute Gasteiger partial charge is 0.243 e. The number of carbonyl (C=O) groups is 1. The maximum atomic E-state index is 12.9. The lowest BCUT2D eigenvalue weighted by atomic mass is 10.1. The van der Waals surface area contributed by atoms with Crippen molar-refractivity contribution < 1.29 is 17.6 Å². The summed E-state index contributed by atoms with van der Waals surface area (Å²) in [7, 11) is -3.60. The summed E-state index contributed by atoms with van der Waals surface area (Å²) in [5.74, 6) is -0.643. The fourth-order valence-corrected chi connectivity index (χ4v) is 3.86. The fourth-order valence-electron chi connectivity index (χ4n) is 2.69. The Balaban J connectivity index is 1.93. The number of rotatable bonds is 8. The Morgan fingerprint density at radius 3 is 2.31 bits per heavy atom. The van der Waals surface area contributed by atoms with Crippen LogP contribution in [0.3, 0.4) is 0 Å². The van der Waals surface area contributed by atoms with Crippen LogP contribution in [0.1, 0.15) is 18.9 Å². The third kappa shape index (κ3) is 5.56. The standard InChI is InChI=1S/C19H23FN2O3S/c1-15(22(26(2,24)25)18-8-4-3-5-9-18)19(23)21-14-6-7-16-10-12-17(20)13-11-16/h3-5,8-13,15H,6-7,14H2,1-2H3,(H,21,23)/t15-/m1/s1. The maximum absolute atomic E-state index is 12.9. The van der Waals surface area contributed by atoms with Gasteiger partial charge in [-0.3, -0.25) is 9.10 Å². The van der Waals surface area contributed by atoms with E-state index in [-0.39, 0.29) is 11.7 Å². The van der Waals surface area contributed by atoms with E-state index < -0.39 is 16.1 Å². The van der Waals surface area contributed by atoms with Gasteiger partial charge in [-0.2, -0.15) is 0 Å². The molecule has 0 saturated heterocycles. The van der Waals surface area contributed by atoms with Crippen molar-refractivity contribution in [2.24, 2.45) is 0 Å². The number of sulfonamides is 1. The number of nitrogens with one attached hydrogen (secondary N) is 1. The van der Waals surface area contributed by atoms with E-state index in [9.17, 15) is 17.6 Å². The molecular weight excluding hydrogens is 355 g/mol. The highest BCUT2D eigenvalue weighted by molar-refractivity contribution is 7.92. The average molecular weight is 378 g/mol. The molecule has 0 fully saturated rings. The van der Waals surface area contributed by atoms with E-state index in [1.165, 1.54) is 12.1 Å². The summed E-state index contributed by atoms with van der Waals surface area (Å²) in [6.07, 6.45) is 2.45. The Kier molecular flexibility index (Phi) is 6.74. The minimum absolute atomic E-state index is 0.280. The van der Waals surface area contributed by atoms with Crippen LogP contribution in [0.4, 0.5) is 10.1 Å². The van der Waals surface area contributed by atoms with Crippen molar-refractivity contribution in [1.82, 2.24) is 5.32 Å². The fraction of sp³-hybridized carbons (Fsp3) is 0.316. The Bertz CT molecular complexity index is 824. The Labute approximate surface area is 153 Å². The van der Waals surface area contributed by atoms with Gasteiger partial charge in [0.25, 0.3) is 0 Å². The van der Waals surface area contributed by atoms with Gasteiger partial charge in [0.1, 0.15) is 11.9 Å². The Hall–Kier alpha value is -2.41. The zero-order valence-corrected chi connectivity index (χ0v) is 15.7. The summed E-state index contributed by atoms with van der Waals surface area (Å²) in [5.41, 5.74) is 1.43. The van der Waals surface area contributed by atoms with E-state index in [2.05, 4.69) is 5.32 Å². The molecule has 2 rings (SSSR count). The lowest BCUT2D eigenvalue weighted by molar-refractivity contribution is -0.121. The van der Waals surface area contributed by atoms with Crippen LogP contribution < -0.4 is 9.62 Å². The Morgan fingerprint density at radius 1 is 1.12 bits per heavy atom. The predicted octanol–water partition coefficient (Wildman–Crippen LogP) is 2.73. The summed E-state index contributed by atoms with van der Waals surface area (Å²) in [4.78, 5) is 12.4. The first-order chi connectivity index (χ1) is 12.3. The lowest BCUT2D eigenvalue weighted by Gasteiger charge is -2.28. The molecule has 0 aliphatic heterocycles. The highest BCUT2D eigenvalue weighted by Gasteiger charge is 2.28. The molecule has 0 aliphatic carbocycles. The van der Waals surface area contributed by atoms with Crippen LogP contribution in [0.5, 0.6) is 0 Å². The molecule has 0 aromatic heterocycles. The molecule has 1 amide bonds. The second-order valence-electron chi connectivity index (χ2n) is 6.09. The SMILES string of the molecule is C[C@H](C(=O)NCCCc1ccc(F)cc1)N(c1ccccc1)S(C)(=O)=O. The number of nitrogens with zero attached hydrogens (tertiary/aromatic N) is 1. The molecule has 26 heavy (non-hydrogen) atoms. The summed E-state index contributed by atoms with van der Waals surface area (Å²) in [5, 5.41) is 2.77. The normalized spacial score (nSPS) is 12.4. The van der Waals surface area contributed by atoms with Crippen LogP contribution in [0, 0.1) is 5.82 Å². The number of carbonyl (C=O) groups excluding carboxylic acids is 1. The van der Waals surface area contributed by atoms with Gasteiger partial charge in [-0.05, 0) is 49.6 Å². The van der Waals surface area contributed by atoms with Crippen molar-refractivity contribution in [1.29, 1.82) is 0 Å². The van der Waals surface area contributed by atoms with Crippen LogP contribution in [0.2, 0.25) is 0 Å². The number of hydrogen-bond donors (Lipinski definition) is 1. The van der Waals surface area contributed by atoms with Gasteiger partial charge in [-0.1, -0.05) is 30.3 Å². The zero-order chi connectivity index (χ0) is 19.2. The lowest BCUT2D eigenvalue weighted by Crippen LogP contribution is -2.48. The van der Waals surface area contributed by atoms with E-state index >= 15 is 0 Å². The van der Waals surface area contributed by atoms with Gasteiger partial charge < -0.3 is 5.32 Å². The molecule has 0 unspecified atom stereocenters. The van der Waals surface area contributed by atoms with Gasteiger partial charge in [0, 0.05) is 6.54 Å². The van der Waals surface area contributed by atoms with Gasteiger partial charge >= 0.3 is 0 Å². The van der Waals surface area contributed by atoms with E-state index in [0.29, 0.717) is 25.1 Å². The summed E-state index contributed by atoms with van der Waals surface area (Å²) in [6, 6.07) is 13.9. The highest BCUT2D eigenvalue weighted by atomic mass is 32.2. The zero-order valence-electron chi connectivity index (χ0n) is 14.9. The van der Waals surface area contributed by atoms with Crippen LogP contribution >= 0.6 is 0 Å². The molecule has 140 valence electrons. The molecule has 0 aliphatic rings. The Morgan fingerprint density at radius 2 is 1.73 bits per heavy atom. The second kappa shape index (κ2) is 8.80. The van der Waals surface area contributed by atoms with Crippen molar-refractivity contribution >= 4 is 21.6 Å². The molecule has 0 bridgehead atoms. The molecule has 2 aromatic carbocycles. The van der Waals surface area contributed by atoms with Gasteiger partial charge in [-0.25, -0.2) is 12.8 Å². The molecule has 1 atom stereocenters. The predicted molar refractivity (Wildman–Crippen MR) is 101 cm³/mol. The minimum atomic E-state index is -3.60. The first-order valence-electron chi connectivity index (χ1n) is 8.35. The molecule has 0 spiro atoms. The van der Waals surface area contributed by atoms with Crippen LogP contribution in [0.15, 0.2) is 54.6 Å². The van der Waals surface area contributed by atoms with Crippen LogP contribution in [0.25, 0.3) is 0 Å². The molecule has 5 nitrogen and oxygen atoms in total. The monoisotopic (exact) mass is 378 g/mol. The van der Waals surface area contributed by atoms with Crippen molar-refractivity contribution in [3.05, 3.63) is 66.0 Å². The van der Waals surface area contributed by atoms with Crippen LogP contribution in [-0.4, -0.2) is 33.2 Å². The molecule has 2 aromatic rings. The van der Waals surface area contributed by atoms with Crippen LogP contribution in [-0.2, 0) is 21.2 Å². The average Bonchev–Trinajstić information content (AvgIpc) is 2.60. The number of benzene rings is 2. The quantitative estimate of drug-likeness (QED) is 0.719. The highest BCUT2D eigenvalue weighted by Crippen LogP contribution is 2.20. The topological polar surface area (TPSA) is 66.5 Å². The number of amides is 1. The number of aryl methyl sites for hydroxylation is 1. The summed E-state index contributed by atoms with van der Waals surface area (Å²) < 4.78 is 38.3. The van der Waals surface area contributed by atoms with E-state index in [4.69, 9.17) is 0 Å². The van der Waals surface area contributed by atoms with Gasteiger partial charge in [0.15, 0.2) is 0 Å². The van der Waals surface area contributed by atoms with Crippen molar-refractivity contribution in [2.45, 2.75) is 25.8 Å². The van der Waals surface area contributed by atoms with Gasteiger partial charge in [0.2, 0.25) is 15.9 Å². The largest absolute Gasteiger partial charge is 0.354 e. The summed E-state index contributed by atoms with van der Waals surface area (Å²) in [6.45, 7) is 1.97. The number of hydrogen-bond acceptors (Lipinski definition) is 3. The van der Waals surface area contributed by atoms with E-state index in [1.807, 2.05) is 0 Å². The number of halogens is 1. The molecule has 0 heterocycles. The molecule has 0 saturated carbocycles. The molecule has 0 radical (unpaired) electrons. The molecular formula is C19H23FN2O3S. The maximum Gasteiger partial charge on any atom is 0.243 e. The van der Waals surface area contributed by atoms with E-state index in [0.717, 1.165) is 16.1 Å². The third-order valence-corrected chi connectivity index (χ3v) is 5.20. The number of para-hydroxylation sites is 1. The van der Waals surface area contributed by atoms with Crippen molar-refractivity contribution in [2.75, 3.05) is 17.1 Å². The van der Waals surface area contributed by atoms with Gasteiger partial charge in [0.05, 0.1) is 11.9 Å². The first-order valence-corrected chi connectivity index (χ1v) is 10.2. The van der Waals surface area contributed by atoms with Crippen molar-refractivity contribution in [3.8, 4) is 0 Å². The van der Waals surface area contributed by atoms with E-state index in [1.54, 1.807) is 49.4 Å². The third-order valence-electron chi connectivity index (χ3n) is 3.95. The minimum Gasteiger partial charge on any atom is -0.354 e. The molecule has 1 N–H and O–H groups in total. The number of anilines is 1. The second-order valence-corrected chi connectivity index (χ2v) is 7.95. The van der Waals surface area contributed by atoms with Gasteiger partial charge in [-0.15, -0.1) is 0 Å². The summed E-state index contributed by atoms with van der Waals surface area (Å²) >= 11 is 0. The van der Waals surface area contributed by atoms with Crippen molar-refractivity contribution in [3.63, 3.8) is 0 Å².